The first kappa shape index (κ1) is 15.8. The highest BCUT2D eigenvalue weighted by atomic mass is 32.1. The van der Waals surface area contributed by atoms with E-state index < -0.39 is 11.9 Å². The Balaban J connectivity index is 1.88. The van der Waals surface area contributed by atoms with E-state index in [0.29, 0.717) is 17.1 Å². The first-order valence-corrected chi connectivity index (χ1v) is 7.63. The smallest absolute Gasteiger partial charge is 0.337 e. The molecule has 24 heavy (non-hydrogen) atoms. The summed E-state index contributed by atoms with van der Waals surface area (Å²) in [5, 5.41) is 2.69. The molecule has 0 spiro atoms. The molecule has 0 aliphatic carbocycles. The van der Waals surface area contributed by atoms with Crippen molar-refractivity contribution in [3.05, 3.63) is 50.9 Å². The van der Waals surface area contributed by atoms with Crippen LogP contribution in [-0.4, -0.2) is 33.3 Å². The SMILES string of the molecule is COC(=O)c1ccc(NC(=O)c2snc3c(=O)[nH]c(C)nc23)cc1. The molecule has 0 radical (unpaired) electrons. The maximum absolute atomic E-state index is 12.4. The summed E-state index contributed by atoms with van der Waals surface area (Å²) in [6.07, 6.45) is 0. The lowest BCUT2D eigenvalue weighted by Crippen LogP contribution is -2.13. The Labute approximate surface area is 139 Å². The summed E-state index contributed by atoms with van der Waals surface area (Å²) in [7, 11) is 1.30. The number of methoxy groups -OCH3 is 1. The molecule has 9 heteroatoms. The average molecular weight is 344 g/mol. The average Bonchev–Trinajstić information content (AvgIpc) is 2.99. The topological polar surface area (TPSA) is 114 Å². The van der Waals surface area contributed by atoms with Gasteiger partial charge in [-0.2, -0.15) is 4.37 Å². The first-order valence-electron chi connectivity index (χ1n) is 6.85. The summed E-state index contributed by atoms with van der Waals surface area (Å²) in [6, 6.07) is 6.25. The second-order valence-corrected chi connectivity index (χ2v) is 5.66. The van der Waals surface area contributed by atoms with Crippen LogP contribution in [0.3, 0.4) is 0 Å². The van der Waals surface area contributed by atoms with Gasteiger partial charge in [0.15, 0.2) is 5.52 Å². The lowest BCUT2D eigenvalue weighted by molar-refractivity contribution is 0.0600. The molecule has 2 aromatic heterocycles. The zero-order chi connectivity index (χ0) is 17.3. The van der Waals surface area contributed by atoms with E-state index in [1.54, 1.807) is 31.2 Å². The Hall–Kier alpha value is -3.07. The number of aromatic amines is 1. The Morgan fingerprint density at radius 1 is 1.21 bits per heavy atom. The molecule has 122 valence electrons. The molecule has 0 fully saturated rings. The van der Waals surface area contributed by atoms with E-state index in [-0.39, 0.29) is 21.5 Å². The van der Waals surface area contributed by atoms with Gasteiger partial charge in [0, 0.05) is 5.69 Å². The normalized spacial score (nSPS) is 10.6. The number of carbonyl (C=O) groups is 2. The van der Waals surface area contributed by atoms with Crippen LogP contribution in [0.4, 0.5) is 5.69 Å². The number of H-pyrrole nitrogens is 1. The van der Waals surface area contributed by atoms with Crippen LogP contribution in [0.1, 0.15) is 25.9 Å². The maximum Gasteiger partial charge on any atom is 0.337 e. The fourth-order valence-corrected chi connectivity index (χ4v) is 2.82. The van der Waals surface area contributed by atoms with Gasteiger partial charge in [0.2, 0.25) is 0 Å². The quantitative estimate of drug-likeness (QED) is 0.699. The molecule has 2 heterocycles. The number of nitrogens with zero attached hydrogens (tertiary/aromatic N) is 2. The van der Waals surface area contributed by atoms with E-state index in [1.807, 2.05) is 0 Å². The van der Waals surface area contributed by atoms with Crippen molar-refractivity contribution in [2.24, 2.45) is 0 Å². The molecule has 0 saturated carbocycles. The number of hydrogen-bond donors (Lipinski definition) is 2. The molecule has 0 aliphatic heterocycles. The van der Waals surface area contributed by atoms with Gasteiger partial charge in [-0.3, -0.25) is 9.59 Å². The number of carbonyl (C=O) groups excluding carboxylic acids is 2. The van der Waals surface area contributed by atoms with Crippen LogP contribution >= 0.6 is 11.5 Å². The summed E-state index contributed by atoms with van der Waals surface area (Å²) >= 11 is 0.906. The molecule has 0 bridgehead atoms. The van der Waals surface area contributed by atoms with Crippen LogP contribution in [0, 0.1) is 6.92 Å². The van der Waals surface area contributed by atoms with Crippen LogP contribution in [-0.2, 0) is 4.74 Å². The van der Waals surface area contributed by atoms with Gasteiger partial charge in [0.1, 0.15) is 16.2 Å². The third kappa shape index (κ3) is 2.88. The largest absolute Gasteiger partial charge is 0.465 e. The highest BCUT2D eigenvalue weighted by Gasteiger charge is 2.18. The van der Waals surface area contributed by atoms with Crippen molar-refractivity contribution < 1.29 is 14.3 Å². The van der Waals surface area contributed by atoms with Crippen molar-refractivity contribution in [3.63, 3.8) is 0 Å². The number of anilines is 1. The van der Waals surface area contributed by atoms with Gasteiger partial charge in [0.25, 0.3) is 11.5 Å². The highest BCUT2D eigenvalue weighted by Crippen LogP contribution is 2.20. The molecular formula is C15H12N4O4S. The number of hydrogen-bond acceptors (Lipinski definition) is 7. The Kier molecular flexibility index (Phi) is 4.09. The molecular weight excluding hydrogens is 332 g/mol. The van der Waals surface area contributed by atoms with Crippen LogP contribution in [0.25, 0.3) is 11.0 Å². The number of esters is 1. The Morgan fingerprint density at radius 2 is 1.92 bits per heavy atom. The number of nitrogens with one attached hydrogen (secondary N) is 2. The highest BCUT2D eigenvalue weighted by molar-refractivity contribution is 7.09. The van der Waals surface area contributed by atoms with Crippen LogP contribution in [0.2, 0.25) is 0 Å². The molecule has 3 aromatic rings. The van der Waals surface area contributed by atoms with Gasteiger partial charge in [-0.1, -0.05) is 0 Å². The summed E-state index contributed by atoms with van der Waals surface area (Å²) < 4.78 is 8.60. The van der Waals surface area contributed by atoms with Crippen molar-refractivity contribution in [2.75, 3.05) is 12.4 Å². The minimum atomic E-state index is -0.458. The van der Waals surface area contributed by atoms with Crippen molar-refractivity contribution in [3.8, 4) is 0 Å². The van der Waals surface area contributed by atoms with Gasteiger partial charge < -0.3 is 15.0 Å². The lowest BCUT2D eigenvalue weighted by atomic mass is 10.2. The summed E-state index contributed by atoms with van der Waals surface area (Å²) in [5.74, 6) is -0.477. The fraction of sp³-hybridized carbons (Fsp3) is 0.133. The van der Waals surface area contributed by atoms with Crippen molar-refractivity contribution in [1.29, 1.82) is 0 Å². The maximum atomic E-state index is 12.4. The molecule has 0 unspecified atom stereocenters. The molecule has 8 nitrogen and oxygen atoms in total. The molecule has 3 rings (SSSR count). The minimum Gasteiger partial charge on any atom is -0.465 e. The van der Waals surface area contributed by atoms with Gasteiger partial charge in [0.05, 0.1) is 12.7 Å². The molecule has 0 saturated heterocycles. The van der Waals surface area contributed by atoms with Gasteiger partial charge in [-0.15, -0.1) is 0 Å². The first-order chi connectivity index (χ1) is 11.5. The van der Waals surface area contributed by atoms with Crippen LogP contribution in [0.15, 0.2) is 29.1 Å². The predicted molar refractivity (Wildman–Crippen MR) is 88.5 cm³/mol. The van der Waals surface area contributed by atoms with Crippen molar-refractivity contribution in [1.82, 2.24) is 14.3 Å². The monoisotopic (exact) mass is 344 g/mol. The number of aryl methyl sites for hydroxylation is 1. The predicted octanol–water partition coefficient (Wildman–Crippen LogP) is 1.73. The zero-order valence-corrected chi connectivity index (χ0v) is 13.6. The summed E-state index contributed by atoms with van der Waals surface area (Å²) in [5.41, 5.74) is 0.898. The number of benzene rings is 1. The van der Waals surface area contributed by atoms with E-state index in [1.165, 1.54) is 7.11 Å². The number of amides is 1. The fourth-order valence-electron chi connectivity index (χ4n) is 2.10. The van der Waals surface area contributed by atoms with E-state index in [4.69, 9.17) is 0 Å². The van der Waals surface area contributed by atoms with Gasteiger partial charge in [-0.05, 0) is 42.7 Å². The third-order valence-corrected chi connectivity index (χ3v) is 4.06. The third-order valence-electron chi connectivity index (χ3n) is 3.23. The van der Waals surface area contributed by atoms with E-state index in [2.05, 4.69) is 24.4 Å². The van der Waals surface area contributed by atoms with Crippen LogP contribution < -0.4 is 10.9 Å². The van der Waals surface area contributed by atoms with Crippen molar-refractivity contribution in [2.45, 2.75) is 6.92 Å². The number of ether oxygens (including phenoxy) is 1. The van der Waals surface area contributed by atoms with Gasteiger partial charge >= 0.3 is 5.97 Å². The van der Waals surface area contributed by atoms with E-state index in [0.717, 1.165) is 11.5 Å². The molecule has 2 N–H and O–H groups in total. The second-order valence-electron chi connectivity index (χ2n) is 4.88. The molecule has 1 aromatic carbocycles. The second kappa shape index (κ2) is 6.20. The van der Waals surface area contributed by atoms with Crippen molar-refractivity contribution >= 4 is 40.1 Å². The Morgan fingerprint density at radius 3 is 2.58 bits per heavy atom. The van der Waals surface area contributed by atoms with Gasteiger partial charge in [-0.25, -0.2) is 9.78 Å². The lowest BCUT2D eigenvalue weighted by Gasteiger charge is -2.05. The standard InChI is InChI=1S/C15H12N4O4S/c1-7-16-10-11(13(20)17-7)19-24-12(10)14(21)18-9-5-3-8(4-6-9)15(22)23-2/h3-6H,1-2H3,(H,18,21)(H,16,17,20). The molecule has 0 atom stereocenters. The molecule has 1 amide bonds. The number of aromatic nitrogens is 3. The van der Waals surface area contributed by atoms with E-state index >= 15 is 0 Å². The van der Waals surface area contributed by atoms with E-state index in [9.17, 15) is 14.4 Å². The summed E-state index contributed by atoms with van der Waals surface area (Å²) in [6.45, 7) is 1.63. The Bertz CT molecular complexity index is 991. The number of fused-ring (bicyclic) bond motifs is 1. The van der Waals surface area contributed by atoms with Crippen LogP contribution in [0.5, 0.6) is 0 Å². The minimum absolute atomic E-state index is 0.136. The molecule has 0 aliphatic rings. The summed E-state index contributed by atoms with van der Waals surface area (Å²) in [4.78, 5) is 42.5. The number of rotatable bonds is 3. The zero-order valence-electron chi connectivity index (χ0n) is 12.7.